The molecule has 0 aromatic heterocycles. The Morgan fingerprint density at radius 1 is 1.21 bits per heavy atom. The van der Waals surface area contributed by atoms with Gasteiger partial charge in [-0.1, -0.05) is 18.2 Å². The molecule has 0 amide bonds. The van der Waals surface area contributed by atoms with E-state index in [-0.39, 0.29) is 17.7 Å². The van der Waals surface area contributed by atoms with Gasteiger partial charge in [0.1, 0.15) is 5.75 Å². The fourth-order valence-electron chi connectivity index (χ4n) is 4.31. The summed E-state index contributed by atoms with van der Waals surface area (Å²) in [5, 5.41) is 9.88. The Morgan fingerprint density at radius 3 is 2.54 bits per heavy atom. The van der Waals surface area contributed by atoms with Crippen LogP contribution in [0, 0.1) is 11.3 Å². The molecule has 1 fully saturated rings. The van der Waals surface area contributed by atoms with Gasteiger partial charge in [-0.25, -0.2) is 8.42 Å². The normalized spacial score (nSPS) is 22.8. The van der Waals surface area contributed by atoms with E-state index < -0.39 is 10.0 Å². The summed E-state index contributed by atoms with van der Waals surface area (Å²) in [6.45, 7) is 3.35. The van der Waals surface area contributed by atoms with E-state index >= 15 is 0 Å². The van der Waals surface area contributed by atoms with Gasteiger partial charge in [-0.3, -0.25) is 4.31 Å². The smallest absolute Gasteiger partial charge is 0.235 e. The van der Waals surface area contributed by atoms with Crippen molar-refractivity contribution >= 4 is 21.4 Å². The highest BCUT2D eigenvalue weighted by molar-refractivity contribution is 7.93. The number of rotatable bonds is 4. The topological polar surface area (TPSA) is 73.6 Å². The third-order valence-electron chi connectivity index (χ3n) is 5.64. The van der Waals surface area contributed by atoms with Crippen LogP contribution in [0.2, 0.25) is 0 Å². The van der Waals surface area contributed by atoms with Gasteiger partial charge in [0.15, 0.2) is 0 Å². The number of nitrogens with zero attached hydrogens (tertiary/aromatic N) is 3. The fraction of sp³-hybridized carbons (Fsp3) is 0.381. The van der Waals surface area contributed by atoms with Crippen molar-refractivity contribution in [2.45, 2.75) is 25.3 Å². The Balaban J connectivity index is 1.71. The van der Waals surface area contributed by atoms with Crippen molar-refractivity contribution in [1.82, 2.24) is 0 Å². The molecule has 2 heterocycles. The largest absolute Gasteiger partial charge is 0.497 e. The number of methoxy groups -OCH3 is 1. The van der Waals surface area contributed by atoms with Crippen molar-refractivity contribution < 1.29 is 13.2 Å². The third-order valence-corrected chi connectivity index (χ3v) is 7.50. The molecular formula is C21H23N3O3S. The van der Waals surface area contributed by atoms with Crippen LogP contribution in [0.1, 0.15) is 36.4 Å². The van der Waals surface area contributed by atoms with Crippen molar-refractivity contribution in [3.63, 3.8) is 0 Å². The number of ether oxygens (including phenoxy) is 1. The molecular weight excluding hydrogens is 374 g/mol. The molecule has 0 aliphatic carbocycles. The number of nitriles is 1. The van der Waals surface area contributed by atoms with Crippen molar-refractivity contribution in [2.75, 3.05) is 35.2 Å². The molecule has 1 saturated heterocycles. The lowest BCUT2D eigenvalue weighted by molar-refractivity contribution is 0.415. The molecule has 0 spiro atoms. The van der Waals surface area contributed by atoms with Gasteiger partial charge in [0, 0.05) is 24.8 Å². The van der Waals surface area contributed by atoms with Crippen LogP contribution in [-0.2, 0) is 10.0 Å². The summed E-state index contributed by atoms with van der Waals surface area (Å²) in [7, 11) is -1.56. The number of benzene rings is 2. The first-order chi connectivity index (χ1) is 13.5. The molecule has 0 N–H and O–H groups in total. The summed E-state index contributed by atoms with van der Waals surface area (Å²) < 4.78 is 31.2. The maximum Gasteiger partial charge on any atom is 0.235 e. The molecule has 2 aromatic rings. The van der Waals surface area contributed by atoms with Crippen LogP contribution in [0.25, 0.3) is 0 Å². The van der Waals surface area contributed by atoms with Gasteiger partial charge >= 0.3 is 0 Å². The summed E-state index contributed by atoms with van der Waals surface area (Å²) in [6, 6.07) is 15.8. The number of sulfonamides is 1. The minimum Gasteiger partial charge on any atom is -0.497 e. The van der Waals surface area contributed by atoms with Gasteiger partial charge in [0.05, 0.1) is 36.6 Å². The number of hydrogen-bond acceptors (Lipinski definition) is 5. The molecule has 2 aliphatic rings. The molecule has 2 atom stereocenters. The van der Waals surface area contributed by atoms with E-state index in [0.717, 1.165) is 29.1 Å². The first kappa shape index (κ1) is 18.6. The second kappa shape index (κ2) is 7.02. The highest BCUT2D eigenvalue weighted by atomic mass is 32.2. The first-order valence-corrected chi connectivity index (χ1v) is 11.1. The highest BCUT2D eigenvalue weighted by Crippen LogP contribution is 2.49. The predicted molar refractivity (Wildman–Crippen MR) is 109 cm³/mol. The second-order valence-electron chi connectivity index (χ2n) is 7.10. The predicted octanol–water partition coefficient (Wildman–Crippen LogP) is 3.42. The minimum absolute atomic E-state index is 0.110. The number of likely N-dealkylation sites (N-methyl/N-ethyl adjacent to an activating group) is 1. The zero-order valence-electron chi connectivity index (χ0n) is 16.0. The molecule has 6 nitrogen and oxygen atoms in total. The molecule has 2 aliphatic heterocycles. The van der Waals surface area contributed by atoms with Gasteiger partial charge < -0.3 is 9.64 Å². The van der Waals surface area contributed by atoms with Crippen LogP contribution in [0.5, 0.6) is 5.75 Å². The van der Waals surface area contributed by atoms with Crippen molar-refractivity contribution in [1.29, 1.82) is 5.26 Å². The van der Waals surface area contributed by atoms with Crippen LogP contribution < -0.4 is 13.9 Å². The summed E-state index contributed by atoms with van der Waals surface area (Å²) in [5.74, 6) is 0.681. The van der Waals surface area contributed by atoms with E-state index in [2.05, 4.69) is 17.9 Å². The van der Waals surface area contributed by atoms with E-state index in [0.29, 0.717) is 18.7 Å². The standard InChI is InChI=1S/C21H23N3O3S/c1-3-23-20-13-17(27-2)9-10-18(20)19(14-22)21(23)15-5-7-16(8-6-15)24-11-4-12-28(24,25)26/h5-10,13,19,21H,3-4,11-12H2,1-2H3. The van der Waals surface area contributed by atoms with Crippen LogP contribution in [0.4, 0.5) is 11.4 Å². The molecule has 28 heavy (non-hydrogen) atoms. The molecule has 0 saturated carbocycles. The molecule has 7 heteroatoms. The molecule has 2 aromatic carbocycles. The van der Waals surface area contributed by atoms with Crippen molar-refractivity contribution in [3.05, 3.63) is 53.6 Å². The lowest BCUT2D eigenvalue weighted by Crippen LogP contribution is -2.27. The third kappa shape index (κ3) is 2.89. The van der Waals surface area contributed by atoms with E-state index in [1.165, 1.54) is 4.31 Å². The van der Waals surface area contributed by atoms with Gasteiger partial charge in [-0.2, -0.15) is 5.26 Å². The Bertz CT molecular complexity index is 1030. The van der Waals surface area contributed by atoms with E-state index in [9.17, 15) is 13.7 Å². The van der Waals surface area contributed by atoms with Crippen LogP contribution in [0.15, 0.2) is 42.5 Å². The van der Waals surface area contributed by atoms with Crippen molar-refractivity contribution in [2.24, 2.45) is 0 Å². The maximum absolute atomic E-state index is 12.2. The quantitative estimate of drug-likeness (QED) is 0.790. The SMILES string of the molecule is CCN1c2cc(OC)ccc2C(C#N)C1c1ccc(N2CCCS2(=O)=O)cc1. The monoisotopic (exact) mass is 397 g/mol. The van der Waals surface area contributed by atoms with E-state index in [1.54, 1.807) is 7.11 Å². The number of hydrogen-bond donors (Lipinski definition) is 0. The highest BCUT2D eigenvalue weighted by Gasteiger charge is 2.39. The molecule has 0 radical (unpaired) electrons. The van der Waals surface area contributed by atoms with Gasteiger partial charge in [0.25, 0.3) is 0 Å². The summed E-state index contributed by atoms with van der Waals surface area (Å²) in [5.41, 5.74) is 3.71. The Morgan fingerprint density at radius 2 is 1.96 bits per heavy atom. The Kier molecular flexibility index (Phi) is 4.68. The molecule has 146 valence electrons. The van der Waals surface area contributed by atoms with E-state index in [1.807, 2.05) is 42.5 Å². The minimum atomic E-state index is -3.20. The zero-order valence-corrected chi connectivity index (χ0v) is 16.8. The average Bonchev–Trinajstić information content (AvgIpc) is 3.23. The summed E-state index contributed by atoms with van der Waals surface area (Å²) >= 11 is 0. The zero-order chi connectivity index (χ0) is 19.9. The summed E-state index contributed by atoms with van der Waals surface area (Å²) in [4.78, 5) is 2.22. The Labute approximate surface area is 166 Å². The number of anilines is 2. The molecule has 0 bridgehead atoms. The maximum atomic E-state index is 12.2. The van der Waals surface area contributed by atoms with Crippen LogP contribution in [0.3, 0.4) is 0 Å². The summed E-state index contributed by atoms with van der Waals surface area (Å²) in [6.07, 6.45) is 0.657. The molecule has 4 rings (SSSR count). The Hall–Kier alpha value is -2.72. The van der Waals surface area contributed by atoms with Crippen molar-refractivity contribution in [3.8, 4) is 11.8 Å². The lowest BCUT2D eigenvalue weighted by atomic mass is 9.91. The van der Waals surface area contributed by atoms with Gasteiger partial charge in [-0.15, -0.1) is 0 Å². The average molecular weight is 398 g/mol. The van der Waals surface area contributed by atoms with Crippen LogP contribution >= 0.6 is 0 Å². The number of fused-ring (bicyclic) bond motifs is 1. The second-order valence-corrected chi connectivity index (χ2v) is 9.11. The van der Waals surface area contributed by atoms with E-state index in [4.69, 9.17) is 4.74 Å². The van der Waals surface area contributed by atoms with Gasteiger partial charge in [0.2, 0.25) is 10.0 Å². The first-order valence-electron chi connectivity index (χ1n) is 9.44. The lowest BCUT2D eigenvalue weighted by Gasteiger charge is -2.28. The van der Waals surface area contributed by atoms with Gasteiger partial charge in [-0.05, 0) is 42.7 Å². The van der Waals surface area contributed by atoms with Crippen LogP contribution in [-0.4, -0.2) is 34.4 Å². The molecule has 2 unspecified atom stereocenters. The fourth-order valence-corrected chi connectivity index (χ4v) is 5.87.